The van der Waals surface area contributed by atoms with E-state index in [9.17, 15) is 4.79 Å². The molecule has 2 aromatic carbocycles. The number of amides is 1. The number of carbonyl (C=O) groups is 1. The number of hydrogen-bond donors (Lipinski definition) is 1. The van der Waals surface area contributed by atoms with Crippen molar-refractivity contribution in [1.82, 2.24) is 0 Å². The van der Waals surface area contributed by atoms with Crippen LogP contribution in [0.5, 0.6) is 5.75 Å². The second-order valence-corrected chi connectivity index (χ2v) is 5.84. The van der Waals surface area contributed by atoms with Crippen LogP contribution in [0.25, 0.3) is 0 Å². The minimum absolute atomic E-state index is 0.114. The zero-order valence-corrected chi connectivity index (χ0v) is 13.4. The van der Waals surface area contributed by atoms with E-state index in [1.165, 1.54) is 0 Å². The smallest absolute Gasteiger partial charge is 0.255 e. The quantitative estimate of drug-likeness (QED) is 0.895. The SMILES string of the molecule is O=C(Nc1cc(Cl)ccc1OC[C@@H]1CCCO1)c1ccccc1. The Labute approximate surface area is 140 Å². The molecule has 5 heteroatoms. The molecule has 1 amide bonds. The lowest BCUT2D eigenvalue weighted by Gasteiger charge is -2.15. The van der Waals surface area contributed by atoms with Gasteiger partial charge in [0.2, 0.25) is 0 Å². The third kappa shape index (κ3) is 4.24. The molecular formula is C18H18ClNO3. The highest BCUT2D eigenvalue weighted by Crippen LogP contribution is 2.29. The van der Waals surface area contributed by atoms with E-state index in [-0.39, 0.29) is 12.0 Å². The van der Waals surface area contributed by atoms with Crippen molar-refractivity contribution in [2.45, 2.75) is 18.9 Å². The fraction of sp³-hybridized carbons (Fsp3) is 0.278. The number of carbonyl (C=O) groups excluding carboxylic acids is 1. The normalized spacial score (nSPS) is 17.0. The summed E-state index contributed by atoms with van der Waals surface area (Å²) in [5, 5.41) is 3.39. The zero-order chi connectivity index (χ0) is 16.1. The van der Waals surface area contributed by atoms with E-state index < -0.39 is 0 Å². The number of anilines is 1. The number of benzene rings is 2. The Balaban J connectivity index is 1.72. The molecule has 1 heterocycles. The molecule has 1 N–H and O–H groups in total. The van der Waals surface area contributed by atoms with Crippen molar-refractivity contribution < 1.29 is 14.3 Å². The fourth-order valence-electron chi connectivity index (χ4n) is 2.47. The van der Waals surface area contributed by atoms with Gasteiger partial charge in [-0.2, -0.15) is 0 Å². The molecule has 0 aromatic heterocycles. The van der Waals surface area contributed by atoms with Crippen LogP contribution in [0.2, 0.25) is 5.02 Å². The van der Waals surface area contributed by atoms with Crippen molar-refractivity contribution in [3.63, 3.8) is 0 Å². The van der Waals surface area contributed by atoms with Crippen LogP contribution >= 0.6 is 11.6 Å². The van der Waals surface area contributed by atoms with Gasteiger partial charge in [-0.25, -0.2) is 0 Å². The Hall–Kier alpha value is -2.04. The summed E-state index contributed by atoms with van der Waals surface area (Å²) < 4.78 is 11.4. The van der Waals surface area contributed by atoms with Gasteiger partial charge in [0, 0.05) is 17.2 Å². The molecule has 1 aliphatic rings. The fourth-order valence-corrected chi connectivity index (χ4v) is 2.64. The third-order valence-electron chi connectivity index (χ3n) is 3.67. The molecule has 0 radical (unpaired) electrons. The third-order valence-corrected chi connectivity index (χ3v) is 3.91. The van der Waals surface area contributed by atoms with E-state index in [4.69, 9.17) is 21.1 Å². The van der Waals surface area contributed by atoms with Crippen LogP contribution in [0, 0.1) is 0 Å². The summed E-state index contributed by atoms with van der Waals surface area (Å²) >= 11 is 6.04. The lowest BCUT2D eigenvalue weighted by molar-refractivity contribution is 0.0682. The highest BCUT2D eigenvalue weighted by Gasteiger charge is 2.17. The molecule has 0 bridgehead atoms. The van der Waals surface area contributed by atoms with E-state index in [1.807, 2.05) is 18.2 Å². The second-order valence-electron chi connectivity index (χ2n) is 5.41. The zero-order valence-electron chi connectivity index (χ0n) is 12.6. The van der Waals surface area contributed by atoms with Crippen molar-refractivity contribution in [3.8, 4) is 5.75 Å². The summed E-state index contributed by atoms with van der Waals surface area (Å²) in [5.74, 6) is 0.393. The Kier molecular flexibility index (Phi) is 5.16. The number of rotatable bonds is 5. The second kappa shape index (κ2) is 7.49. The topological polar surface area (TPSA) is 47.6 Å². The van der Waals surface area contributed by atoms with Crippen molar-refractivity contribution in [2.24, 2.45) is 0 Å². The molecule has 0 aliphatic carbocycles. The molecule has 1 aliphatic heterocycles. The van der Waals surface area contributed by atoms with E-state index >= 15 is 0 Å². The van der Waals surface area contributed by atoms with Crippen molar-refractivity contribution >= 4 is 23.2 Å². The van der Waals surface area contributed by atoms with E-state index in [1.54, 1.807) is 30.3 Å². The summed E-state index contributed by atoms with van der Waals surface area (Å²) in [6.07, 6.45) is 2.18. The van der Waals surface area contributed by atoms with Gasteiger partial charge in [0.15, 0.2) is 0 Å². The summed E-state index contributed by atoms with van der Waals surface area (Å²) in [6, 6.07) is 14.2. The molecule has 1 atom stereocenters. The van der Waals surface area contributed by atoms with Gasteiger partial charge in [0.25, 0.3) is 5.91 Å². The number of ether oxygens (including phenoxy) is 2. The Morgan fingerprint density at radius 3 is 2.83 bits per heavy atom. The summed E-state index contributed by atoms with van der Waals surface area (Å²) in [7, 11) is 0. The predicted molar refractivity (Wildman–Crippen MR) is 90.3 cm³/mol. The minimum Gasteiger partial charge on any atom is -0.489 e. The average Bonchev–Trinajstić information content (AvgIpc) is 3.08. The number of hydrogen-bond acceptors (Lipinski definition) is 3. The van der Waals surface area contributed by atoms with Crippen LogP contribution in [0.4, 0.5) is 5.69 Å². The molecule has 23 heavy (non-hydrogen) atoms. The maximum absolute atomic E-state index is 12.3. The molecule has 4 nitrogen and oxygen atoms in total. The summed E-state index contributed by atoms with van der Waals surface area (Å²) in [6.45, 7) is 1.25. The first-order valence-electron chi connectivity index (χ1n) is 7.63. The van der Waals surface area contributed by atoms with Gasteiger partial charge in [0.1, 0.15) is 12.4 Å². The molecule has 3 rings (SSSR count). The average molecular weight is 332 g/mol. The Morgan fingerprint density at radius 2 is 2.09 bits per heavy atom. The molecule has 2 aromatic rings. The molecule has 0 spiro atoms. The number of halogens is 1. The van der Waals surface area contributed by atoms with Gasteiger partial charge in [-0.05, 0) is 43.2 Å². The maximum Gasteiger partial charge on any atom is 0.255 e. The maximum atomic E-state index is 12.3. The highest BCUT2D eigenvalue weighted by molar-refractivity contribution is 6.31. The van der Waals surface area contributed by atoms with Crippen LogP contribution in [-0.4, -0.2) is 25.2 Å². The van der Waals surface area contributed by atoms with Crippen LogP contribution in [0.3, 0.4) is 0 Å². The van der Waals surface area contributed by atoms with Crippen LogP contribution in [0.15, 0.2) is 48.5 Å². The summed E-state index contributed by atoms with van der Waals surface area (Å²) in [5.41, 5.74) is 1.14. The molecular weight excluding hydrogens is 314 g/mol. The van der Waals surface area contributed by atoms with E-state index in [2.05, 4.69) is 5.32 Å². The van der Waals surface area contributed by atoms with Crippen LogP contribution < -0.4 is 10.1 Å². The van der Waals surface area contributed by atoms with Gasteiger partial charge in [-0.1, -0.05) is 29.8 Å². The first kappa shape index (κ1) is 15.8. The van der Waals surface area contributed by atoms with Crippen molar-refractivity contribution in [1.29, 1.82) is 0 Å². The Bertz CT molecular complexity index is 669. The van der Waals surface area contributed by atoms with Gasteiger partial charge in [-0.15, -0.1) is 0 Å². The van der Waals surface area contributed by atoms with Crippen molar-refractivity contribution in [2.75, 3.05) is 18.5 Å². The lowest BCUT2D eigenvalue weighted by Crippen LogP contribution is -2.18. The number of nitrogens with one attached hydrogen (secondary N) is 1. The highest BCUT2D eigenvalue weighted by atomic mass is 35.5. The summed E-state index contributed by atoms with van der Waals surface area (Å²) in [4.78, 5) is 12.3. The van der Waals surface area contributed by atoms with E-state index in [0.717, 1.165) is 19.4 Å². The van der Waals surface area contributed by atoms with Gasteiger partial charge < -0.3 is 14.8 Å². The predicted octanol–water partition coefficient (Wildman–Crippen LogP) is 4.15. The monoisotopic (exact) mass is 331 g/mol. The first-order chi connectivity index (χ1) is 11.2. The van der Waals surface area contributed by atoms with Crippen LogP contribution in [-0.2, 0) is 4.74 Å². The van der Waals surface area contributed by atoms with Gasteiger partial charge >= 0.3 is 0 Å². The lowest BCUT2D eigenvalue weighted by atomic mass is 10.2. The van der Waals surface area contributed by atoms with E-state index in [0.29, 0.717) is 28.6 Å². The van der Waals surface area contributed by atoms with Gasteiger partial charge in [-0.3, -0.25) is 4.79 Å². The minimum atomic E-state index is -0.199. The molecule has 1 saturated heterocycles. The first-order valence-corrected chi connectivity index (χ1v) is 8.00. The molecule has 1 fully saturated rings. The van der Waals surface area contributed by atoms with Gasteiger partial charge in [0.05, 0.1) is 11.8 Å². The molecule has 0 unspecified atom stereocenters. The standard InChI is InChI=1S/C18H18ClNO3/c19-14-8-9-17(23-12-15-7-4-10-22-15)16(11-14)20-18(21)13-5-2-1-3-6-13/h1-3,5-6,8-9,11,15H,4,7,10,12H2,(H,20,21)/t15-/m0/s1. The largest absolute Gasteiger partial charge is 0.489 e. The van der Waals surface area contributed by atoms with Crippen LogP contribution in [0.1, 0.15) is 23.2 Å². The van der Waals surface area contributed by atoms with Crippen molar-refractivity contribution in [3.05, 3.63) is 59.1 Å². The molecule has 0 saturated carbocycles. The molecule has 120 valence electrons. The Morgan fingerprint density at radius 1 is 1.26 bits per heavy atom.